The van der Waals surface area contributed by atoms with Crippen LogP contribution in [0.4, 0.5) is 17.6 Å². The van der Waals surface area contributed by atoms with Crippen LogP contribution in [0.5, 0.6) is 5.75 Å². The lowest BCUT2D eigenvalue weighted by Gasteiger charge is -2.37. The van der Waals surface area contributed by atoms with Crippen LogP contribution in [-0.4, -0.2) is 6.61 Å². The summed E-state index contributed by atoms with van der Waals surface area (Å²) in [5.74, 6) is 0.0560. The Balaban J connectivity index is 1.39. The highest BCUT2D eigenvalue weighted by Gasteiger charge is 2.30. The minimum absolute atomic E-state index is 0.509. The maximum absolute atomic E-state index is 13.9. The van der Waals surface area contributed by atoms with E-state index >= 15 is 0 Å². The molecule has 0 N–H and O–H groups in total. The Labute approximate surface area is 184 Å². The number of aryl methyl sites for hydroxylation is 1. The number of benzene rings is 1. The third-order valence-corrected chi connectivity index (χ3v) is 7.43. The van der Waals surface area contributed by atoms with Crippen molar-refractivity contribution in [3.8, 4) is 5.75 Å². The lowest BCUT2D eigenvalue weighted by molar-refractivity contribution is -0.0546. The lowest BCUT2D eigenvalue weighted by Crippen LogP contribution is -2.26. The van der Waals surface area contributed by atoms with Gasteiger partial charge in [-0.25, -0.2) is 8.78 Å². The topological polar surface area (TPSA) is 9.23 Å². The molecule has 0 aromatic heterocycles. The van der Waals surface area contributed by atoms with Crippen molar-refractivity contribution < 1.29 is 22.3 Å². The second-order valence-corrected chi connectivity index (χ2v) is 9.48. The largest absolute Gasteiger partial charge is 0.429 e. The molecule has 0 bridgehead atoms. The van der Waals surface area contributed by atoms with Crippen LogP contribution in [0.1, 0.15) is 83.1 Å². The Morgan fingerprint density at radius 2 is 1.42 bits per heavy atom. The minimum Gasteiger partial charge on any atom is -0.429 e. The zero-order valence-electron chi connectivity index (χ0n) is 18.6. The fourth-order valence-corrected chi connectivity index (χ4v) is 5.63. The van der Waals surface area contributed by atoms with Gasteiger partial charge >= 0.3 is 6.61 Å². The number of alkyl halides is 2. The molecule has 2 fully saturated rings. The standard InChI is InChI=1S/C26H36F4O/c1-2-3-4-5-18-8-12-21(13-9-18)22-14-10-19(11-15-22)6-7-20-16-23(27)25(24(28)17-20)31-26(29)30/h3-4,16-19,21-22,26H,2,5-15H2,1H3/b4-3+/t18-,19-,21-,22-. The van der Waals surface area contributed by atoms with Crippen LogP contribution in [-0.2, 0) is 6.42 Å². The molecular formula is C26H36F4O. The van der Waals surface area contributed by atoms with E-state index in [0.717, 1.165) is 42.7 Å². The first-order chi connectivity index (χ1) is 15.0. The van der Waals surface area contributed by atoms with Crippen molar-refractivity contribution in [2.45, 2.75) is 90.6 Å². The Morgan fingerprint density at radius 3 is 1.94 bits per heavy atom. The Hall–Kier alpha value is -1.52. The quantitative estimate of drug-likeness (QED) is 0.276. The lowest BCUT2D eigenvalue weighted by atomic mass is 9.68. The summed E-state index contributed by atoms with van der Waals surface area (Å²) in [4.78, 5) is 0. The zero-order valence-corrected chi connectivity index (χ0v) is 18.6. The third kappa shape index (κ3) is 7.25. The van der Waals surface area contributed by atoms with Crippen LogP contribution in [0, 0.1) is 35.3 Å². The van der Waals surface area contributed by atoms with Crippen molar-refractivity contribution >= 4 is 0 Å². The molecule has 1 aromatic carbocycles. The summed E-state index contributed by atoms with van der Waals surface area (Å²) in [5.41, 5.74) is 0.509. The molecule has 0 amide bonds. The Bertz CT molecular complexity index is 678. The minimum atomic E-state index is -3.24. The SMILES string of the molecule is CC/C=C/C[C@H]1CC[C@H]([C@H]2CC[C@H](CCc3cc(F)c(OC(F)F)c(F)c3)CC2)CC1. The highest BCUT2D eigenvalue weighted by molar-refractivity contribution is 5.31. The molecule has 0 aliphatic heterocycles. The number of allylic oxidation sites excluding steroid dienone is 2. The fourth-order valence-electron chi connectivity index (χ4n) is 5.63. The average molecular weight is 441 g/mol. The molecule has 2 aliphatic rings. The van der Waals surface area contributed by atoms with E-state index in [4.69, 9.17) is 0 Å². The summed E-state index contributed by atoms with van der Waals surface area (Å²) in [5, 5.41) is 0. The van der Waals surface area contributed by atoms with E-state index in [9.17, 15) is 17.6 Å². The van der Waals surface area contributed by atoms with Gasteiger partial charge in [-0.15, -0.1) is 0 Å². The van der Waals surface area contributed by atoms with Gasteiger partial charge in [-0.2, -0.15) is 8.78 Å². The van der Waals surface area contributed by atoms with Gasteiger partial charge in [0.15, 0.2) is 17.4 Å². The first kappa shape index (κ1) is 24.1. The Morgan fingerprint density at radius 1 is 0.871 bits per heavy atom. The second-order valence-electron chi connectivity index (χ2n) is 9.48. The predicted molar refractivity (Wildman–Crippen MR) is 116 cm³/mol. The molecule has 2 aliphatic carbocycles. The van der Waals surface area contributed by atoms with Crippen LogP contribution in [0.2, 0.25) is 0 Å². The summed E-state index contributed by atoms with van der Waals surface area (Å²) < 4.78 is 56.3. The molecule has 0 atom stereocenters. The monoisotopic (exact) mass is 440 g/mol. The first-order valence-electron chi connectivity index (χ1n) is 12.0. The van der Waals surface area contributed by atoms with E-state index in [1.165, 1.54) is 57.8 Å². The van der Waals surface area contributed by atoms with E-state index in [1.807, 2.05) is 0 Å². The van der Waals surface area contributed by atoms with Gasteiger partial charge in [0.1, 0.15) is 0 Å². The number of ether oxygens (including phenoxy) is 1. The molecule has 2 saturated carbocycles. The fraction of sp³-hybridized carbons (Fsp3) is 0.692. The summed E-state index contributed by atoms with van der Waals surface area (Å²) in [6.07, 6.45) is 18.8. The molecular weight excluding hydrogens is 404 g/mol. The normalized spacial score (nSPS) is 27.2. The zero-order chi connectivity index (χ0) is 22.2. The molecule has 1 nitrogen and oxygen atoms in total. The van der Waals surface area contributed by atoms with Crippen molar-refractivity contribution in [2.24, 2.45) is 23.7 Å². The van der Waals surface area contributed by atoms with Crippen molar-refractivity contribution in [1.29, 1.82) is 0 Å². The van der Waals surface area contributed by atoms with E-state index in [0.29, 0.717) is 17.9 Å². The number of halogens is 4. The number of hydrogen-bond donors (Lipinski definition) is 0. The molecule has 1 aromatic rings. The van der Waals surface area contributed by atoms with E-state index in [2.05, 4.69) is 23.8 Å². The molecule has 3 rings (SSSR count). The van der Waals surface area contributed by atoms with Crippen molar-refractivity contribution in [3.05, 3.63) is 41.5 Å². The molecule has 5 heteroatoms. The van der Waals surface area contributed by atoms with Crippen LogP contribution < -0.4 is 4.74 Å². The van der Waals surface area contributed by atoms with Crippen molar-refractivity contribution in [1.82, 2.24) is 0 Å². The summed E-state index contributed by atoms with van der Waals surface area (Å²) >= 11 is 0. The van der Waals surface area contributed by atoms with Crippen LogP contribution in [0.3, 0.4) is 0 Å². The Kier molecular flexibility index (Phi) is 9.28. The molecule has 0 unspecified atom stereocenters. The summed E-state index contributed by atoms with van der Waals surface area (Å²) in [6, 6.07) is 2.25. The first-order valence-corrected chi connectivity index (χ1v) is 12.0. The van der Waals surface area contributed by atoms with Crippen LogP contribution >= 0.6 is 0 Å². The third-order valence-electron chi connectivity index (χ3n) is 7.43. The van der Waals surface area contributed by atoms with Gasteiger partial charge in [0.2, 0.25) is 0 Å². The smallest absolute Gasteiger partial charge is 0.387 e. The summed E-state index contributed by atoms with van der Waals surface area (Å²) in [7, 11) is 0. The predicted octanol–water partition coefficient (Wildman–Crippen LogP) is 8.47. The highest BCUT2D eigenvalue weighted by Crippen LogP contribution is 2.43. The molecule has 31 heavy (non-hydrogen) atoms. The van der Waals surface area contributed by atoms with Crippen molar-refractivity contribution in [3.63, 3.8) is 0 Å². The van der Waals surface area contributed by atoms with Crippen molar-refractivity contribution in [2.75, 3.05) is 0 Å². The van der Waals surface area contributed by atoms with Gasteiger partial charge in [-0.3, -0.25) is 0 Å². The molecule has 0 spiro atoms. The van der Waals surface area contributed by atoms with Gasteiger partial charge < -0.3 is 4.74 Å². The molecule has 0 saturated heterocycles. The van der Waals surface area contributed by atoms with Gasteiger partial charge in [0.05, 0.1) is 0 Å². The van der Waals surface area contributed by atoms with E-state index in [1.54, 1.807) is 0 Å². The molecule has 0 radical (unpaired) electrons. The maximum Gasteiger partial charge on any atom is 0.387 e. The summed E-state index contributed by atoms with van der Waals surface area (Å²) in [6.45, 7) is -1.06. The molecule has 174 valence electrons. The maximum atomic E-state index is 13.9. The molecule has 0 heterocycles. The number of rotatable bonds is 9. The van der Waals surface area contributed by atoms with Crippen LogP contribution in [0.15, 0.2) is 24.3 Å². The van der Waals surface area contributed by atoms with Crippen LogP contribution in [0.25, 0.3) is 0 Å². The van der Waals surface area contributed by atoms with Gasteiger partial charge in [-0.1, -0.05) is 31.9 Å². The van der Waals surface area contributed by atoms with E-state index < -0.39 is 24.0 Å². The average Bonchev–Trinajstić information content (AvgIpc) is 2.76. The van der Waals surface area contributed by atoms with Gasteiger partial charge in [0, 0.05) is 0 Å². The number of hydrogen-bond acceptors (Lipinski definition) is 1. The van der Waals surface area contributed by atoms with Gasteiger partial charge in [0.25, 0.3) is 0 Å². The van der Waals surface area contributed by atoms with E-state index in [-0.39, 0.29) is 0 Å². The second kappa shape index (κ2) is 11.9. The van der Waals surface area contributed by atoms with Gasteiger partial charge in [-0.05, 0) is 106 Å². The highest BCUT2D eigenvalue weighted by atomic mass is 19.3.